The SMILES string of the molecule is CC(C)[C@@H]1CCC(O)C1. The molecule has 1 unspecified atom stereocenters. The van der Waals surface area contributed by atoms with Crippen molar-refractivity contribution in [2.45, 2.75) is 39.2 Å². The summed E-state index contributed by atoms with van der Waals surface area (Å²) in [4.78, 5) is 0. The second-order valence-corrected chi connectivity index (χ2v) is 3.47. The predicted molar refractivity (Wildman–Crippen MR) is 38.2 cm³/mol. The summed E-state index contributed by atoms with van der Waals surface area (Å²) < 4.78 is 0. The molecule has 0 aromatic carbocycles. The van der Waals surface area contributed by atoms with Crippen molar-refractivity contribution in [1.29, 1.82) is 0 Å². The highest BCUT2D eigenvalue weighted by Gasteiger charge is 2.24. The largest absolute Gasteiger partial charge is 0.393 e. The Labute approximate surface area is 57.1 Å². The molecule has 0 heterocycles. The molecule has 0 aromatic heterocycles. The fraction of sp³-hybridized carbons (Fsp3) is 1.00. The Morgan fingerprint density at radius 2 is 2.00 bits per heavy atom. The molecule has 0 aliphatic heterocycles. The lowest BCUT2D eigenvalue weighted by atomic mass is 9.95. The smallest absolute Gasteiger partial charge is 0.0543 e. The lowest BCUT2D eigenvalue weighted by Crippen LogP contribution is -2.05. The molecule has 1 fully saturated rings. The van der Waals surface area contributed by atoms with E-state index >= 15 is 0 Å². The number of hydrogen-bond donors (Lipinski definition) is 1. The minimum Gasteiger partial charge on any atom is -0.393 e. The van der Waals surface area contributed by atoms with Gasteiger partial charge in [0.25, 0.3) is 0 Å². The Morgan fingerprint density at radius 1 is 1.33 bits per heavy atom. The first-order chi connectivity index (χ1) is 4.20. The van der Waals surface area contributed by atoms with Crippen LogP contribution in [-0.4, -0.2) is 11.2 Å². The summed E-state index contributed by atoms with van der Waals surface area (Å²) in [5.41, 5.74) is 0. The molecule has 2 atom stereocenters. The van der Waals surface area contributed by atoms with E-state index < -0.39 is 0 Å². The third-order valence-corrected chi connectivity index (χ3v) is 2.39. The van der Waals surface area contributed by atoms with Crippen molar-refractivity contribution in [3.8, 4) is 0 Å². The van der Waals surface area contributed by atoms with Crippen LogP contribution in [0, 0.1) is 11.8 Å². The van der Waals surface area contributed by atoms with Crippen LogP contribution in [0.5, 0.6) is 0 Å². The van der Waals surface area contributed by atoms with Gasteiger partial charge in [0.2, 0.25) is 0 Å². The van der Waals surface area contributed by atoms with E-state index in [0.717, 1.165) is 24.7 Å². The van der Waals surface area contributed by atoms with Gasteiger partial charge in [0.1, 0.15) is 0 Å². The van der Waals surface area contributed by atoms with Gasteiger partial charge in [0.15, 0.2) is 0 Å². The van der Waals surface area contributed by atoms with Crippen molar-refractivity contribution >= 4 is 0 Å². The Balaban J connectivity index is 2.30. The van der Waals surface area contributed by atoms with Crippen LogP contribution in [0.1, 0.15) is 33.1 Å². The van der Waals surface area contributed by atoms with Crippen molar-refractivity contribution < 1.29 is 5.11 Å². The van der Waals surface area contributed by atoms with Gasteiger partial charge in [-0.15, -0.1) is 0 Å². The standard InChI is InChI=1S/C8H16O/c1-6(2)7-3-4-8(9)5-7/h6-9H,3-5H2,1-2H3/t7-,8?/m1/s1. The average molecular weight is 128 g/mol. The highest BCUT2D eigenvalue weighted by atomic mass is 16.3. The van der Waals surface area contributed by atoms with E-state index in [2.05, 4.69) is 13.8 Å². The summed E-state index contributed by atoms with van der Waals surface area (Å²) in [5, 5.41) is 9.15. The maximum absolute atomic E-state index is 9.15. The van der Waals surface area contributed by atoms with Gasteiger partial charge in [0.05, 0.1) is 6.10 Å². The van der Waals surface area contributed by atoms with Crippen molar-refractivity contribution in [2.24, 2.45) is 11.8 Å². The van der Waals surface area contributed by atoms with Crippen LogP contribution in [0.3, 0.4) is 0 Å². The fourth-order valence-electron chi connectivity index (χ4n) is 1.60. The number of aliphatic hydroxyl groups excluding tert-OH is 1. The molecule has 1 nitrogen and oxygen atoms in total. The molecular weight excluding hydrogens is 112 g/mol. The molecule has 0 amide bonds. The first-order valence-electron chi connectivity index (χ1n) is 3.88. The second-order valence-electron chi connectivity index (χ2n) is 3.47. The average Bonchev–Trinajstić information content (AvgIpc) is 2.14. The molecule has 1 saturated carbocycles. The van der Waals surface area contributed by atoms with Crippen LogP contribution in [0.2, 0.25) is 0 Å². The Kier molecular flexibility index (Phi) is 2.12. The van der Waals surface area contributed by atoms with Crippen LogP contribution in [0.15, 0.2) is 0 Å². The first-order valence-corrected chi connectivity index (χ1v) is 3.88. The van der Waals surface area contributed by atoms with E-state index in [1.54, 1.807) is 0 Å². The van der Waals surface area contributed by atoms with Gasteiger partial charge in [0, 0.05) is 0 Å². The molecule has 9 heavy (non-hydrogen) atoms. The van der Waals surface area contributed by atoms with Gasteiger partial charge in [-0.25, -0.2) is 0 Å². The summed E-state index contributed by atoms with van der Waals surface area (Å²) in [5.74, 6) is 1.56. The first kappa shape index (κ1) is 7.07. The van der Waals surface area contributed by atoms with Crippen LogP contribution >= 0.6 is 0 Å². The molecular formula is C8H16O. The quantitative estimate of drug-likeness (QED) is 0.571. The number of rotatable bonds is 1. The van der Waals surface area contributed by atoms with Crippen LogP contribution in [0.25, 0.3) is 0 Å². The summed E-state index contributed by atoms with van der Waals surface area (Å²) in [6.07, 6.45) is 3.32. The lowest BCUT2D eigenvalue weighted by Gasteiger charge is -2.12. The van der Waals surface area contributed by atoms with Gasteiger partial charge in [-0.3, -0.25) is 0 Å². The second kappa shape index (κ2) is 2.70. The van der Waals surface area contributed by atoms with E-state index in [0.29, 0.717) is 0 Å². The van der Waals surface area contributed by atoms with Gasteiger partial charge in [-0.1, -0.05) is 13.8 Å². The Bertz CT molecular complexity index is 88.6. The molecule has 0 aromatic rings. The van der Waals surface area contributed by atoms with Crippen molar-refractivity contribution in [3.63, 3.8) is 0 Å². The zero-order chi connectivity index (χ0) is 6.85. The predicted octanol–water partition coefficient (Wildman–Crippen LogP) is 1.80. The number of hydrogen-bond acceptors (Lipinski definition) is 1. The molecule has 1 rings (SSSR count). The minimum absolute atomic E-state index is 0.0115. The third-order valence-electron chi connectivity index (χ3n) is 2.39. The van der Waals surface area contributed by atoms with Gasteiger partial charge < -0.3 is 5.11 Å². The fourth-order valence-corrected chi connectivity index (χ4v) is 1.60. The Hall–Kier alpha value is -0.0400. The van der Waals surface area contributed by atoms with Crippen molar-refractivity contribution in [2.75, 3.05) is 0 Å². The van der Waals surface area contributed by atoms with Gasteiger partial charge in [-0.2, -0.15) is 0 Å². The Morgan fingerprint density at radius 3 is 2.22 bits per heavy atom. The highest BCUT2D eigenvalue weighted by Crippen LogP contribution is 2.30. The molecule has 0 saturated heterocycles. The molecule has 54 valence electrons. The summed E-state index contributed by atoms with van der Waals surface area (Å²) in [7, 11) is 0. The van der Waals surface area contributed by atoms with Crippen LogP contribution in [-0.2, 0) is 0 Å². The molecule has 0 bridgehead atoms. The van der Waals surface area contributed by atoms with E-state index in [-0.39, 0.29) is 6.10 Å². The van der Waals surface area contributed by atoms with Crippen molar-refractivity contribution in [1.82, 2.24) is 0 Å². The summed E-state index contributed by atoms with van der Waals surface area (Å²) in [6, 6.07) is 0. The monoisotopic (exact) mass is 128 g/mol. The van der Waals surface area contributed by atoms with Gasteiger partial charge in [-0.05, 0) is 31.1 Å². The highest BCUT2D eigenvalue weighted by molar-refractivity contribution is 4.76. The maximum Gasteiger partial charge on any atom is 0.0543 e. The molecule has 0 radical (unpaired) electrons. The maximum atomic E-state index is 9.15. The molecule has 0 spiro atoms. The van der Waals surface area contributed by atoms with E-state index in [1.807, 2.05) is 0 Å². The van der Waals surface area contributed by atoms with E-state index in [4.69, 9.17) is 5.11 Å². The van der Waals surface area contributed by atoms with Crippen LogP contribution in [0.4, 0.5) is 0 Å². The summed E-state index contributed by atoms with van der Waals surface area (Å²) in [6.45, 7) is 4.48. The van der Waals surface area contributed by atoms with E-state index in [1.165, 1.54) is 6.42 Å². The molecule has 1 aliphatic carbocycles. The van der Waals surface area contributed by atoms with E-state index in [9.17, 15) is 0 Å². The molecule has 1 N–H and O–H groups in total. The third kappa shape index (κ3) is 1.68. The zero-order valence-electron chi connectivity index (χ0n) is 6.30. The molecule has 1 heteroatoms. The van der Waals surface area contributed by atoms with Crippen molar-refractivity contribution in [3.05, 3.63) is 0 Å². The van der Waals surface area contributed by atoms with Gasteiger partial charge >= 0.3 is 0 Å². The minimum atomic E-state index is 0.0115. The lowest BCUT2D eigenvalue weighted by molar-refractivity contribution is 0.173. The number of aliphatic hydroxyl groups is 1. The van der Waals surface area contributed by atoms with Crippen LogP contribution < -0.4 is 0 Å². The normalized spacial score (nSPS) is 36.0. The zero-order valence-corrected chi connectivity index (χ0v) is 6.30. The summed E-state index contributed by atoms with van der Waals surface area (Å²) >= 11 is 0. The topological polar surface area (TPSA) is 20.2 Å². The molecule has 1 aliphatic rings.